The average molecular weight is 1150 g/mol. The van der Waals surface area contributed by atoms with Gasteiger partial charge in [-0.15, -0.1) is 0 Å². The predicted octanol–water partition coefficient (Wildman–Crippen LogP) is 18.8. The van der Waals surface area contributed by atoms with Gasteiger partial charge in [-0.3, -0.25) is 0 Å². The molecular weight excluding hydrogens is 1070 g/mol. The van der Waals surface area contributed by atoms with E-state index in [1.807, 2.05) is 72.8 Å². The van der Waals surface area contributed by atoms with Crippen molar-refractivity contribution in [1.82, 2.24) is 0 Å². The van der Waals surface area contributed by atoms with Crippen molar-refractivity contribution >= 4 is 11.9 Å². The smallest absolute Gasteiger partial charge is 0.347 e. The van der Waals surface area contributed by atoms with Crippen LogP contribution in [-0.2, 0) is 0 Å². The molecule has 0 aliphatic rings. The van der Waals surface area contributed by atoms with Gasteiger partial charge in [-0.25, -0.2) is 18.4 Å². The second-order valence-electron chi connectivity index (χ2n) is 20.9. The molecule has 0 N–H and O–H groups in total. The number of rotatable bonds is 35. The van der Waals surface area contributed by atoms with E-state index in [0.29, 0.717) is 61.6 Å². The third-order valence-electron chi connectivity index (χ3n) is 14.4. The molecular formula is C73H75F2NO9. The zero-order valence-corrected chi connectivity index (χ0v) is 48.5. The van der Waals surface area contributed by atoms with Gasteiger partial charge in [-0.1, -0.05) is 150 Å². The monoisotopic (exact) mass is 1150 g/mol. The van der Waals surface area contributed by atoms with Gasteiger partial charge in [0.05, 0.1) is 50.2 Å². The van der Waals surface area contributed by atoms with Gasteiger partial charge in [-0.05, 0) is 169 Å². The zero-order chi connectivity index (χ0) is 59.3. The van der Waals surface area contributed by atoms with Crippen LogP contribution in [0.3, 0.4) is 0 Å². The Bertz CT molecular complexity index is 3340. The molecule has 0 saturated carbocycles. The van der Waals surface area contributed by atoms with Crippen molar-refractivity contribution in [2.75, 3.05) is 33.0 Å². The first-order chi connectivity index (χ1) is 41.7. The molecule has 0 aromatic heterocycles. The van der Waals surface area contributed by atoms with Gasteiger partial charge < -0.3 is 33.2 Å². The molecule has 0 fully saturated rings. The topological polar surface area (TPSA) is 123 Å². The van der Waals surface area contributed by atoms with Crippen molar-refractivity contribution in [3.05, 3.63) is 210 Å². The Morgan fingerprint density at radius 2 is 0.729 bits per heavy atom. The third-order valence-corrected chi connectivity index (χ3v) is 14.4. The van der Waals surface area contributed by atoms with Crippen molar-refractivity contribution in [2.45, 2.75) is 110 Å². The van der Waals surface area contributed by atoms with Crippen LogP contribution in [0.2, 0.25) is 0 Å². The van der Waals surface area contributed by atoms with Crippen LogP contribution in [0.25, 0.3) is 33.4 Å². The van der Waals surface area contributed by atoms with Gasteiger partial charge in [0.15, 0.2) is 11.5 Å². The highest BCUT2D eigenvalue weighted by Crippen LogP contribution is 2.33. The summed E-state index contributed by atoms with van der Waals surface area (Å²) >= 11 is 0. The molecule has 0 bridgehead atoms. The van der Waals surface area contributed by atoms with Crippen LogP contribution in [0.1, 0.15) is 136 Å². The molecule has 10 nitrogen and oxygen atoms in total. The van der Waals surface area contributed by atoms with Gasteiger partial charge >= 0.3 is 11.9 Å². The summed E-state index contributed by atoms with van der Waals surface area (Å²) in [5.74, 6) is 1.31. The van der Waals surface area contributed by atoms with Gasteiger partial charge in [0, 0.05) is 6.07 Å². The maximum atomic E-state index is 14.2. The van der Waals surface area contributed by atoms with Crippen LogP contribution in [0, 0.1) is 23.0 Å². The van der Waals surface area contributed by atoms with Crippen LogP contribution in [0.15, 0.2) is 182 Å². The Kier molecular flexibility index (Phi) is 24.8. The highest BCUT2D eigenvalue weighted by Gasteiger charge is 2.22. The lowest BCUT2D eigenvalue weighted by Gasteiger charge is -2.15. The van der Waals surface area contributed by atoms with Gasteiger partial charge in [0.1, 0.15) is 45.9 Å². The Balaban J connectivity index is 0.858. The van der Waals surface area contributed by atoms with E-state index in [0.717, 1.165) is 128 Å². The maximum Gasteiger partial charge on any atom is 0.347 e. The van der Waals surface area contributed by atoms with Gasteiger partial charge in [-0.2, -0.15) is 5.26 Å². The van der Waals surface area contributed by atoms with E-state index in [1.54, 1.807) is 84.9 Å². The summed E-state index contributed by atoms with van der Waals surface area (Å²) in [5.41, 5.74) is 6.48. The lowest BCUT2D eigenvalue weighted by Crippen LogP contribution is -2.15. The van der Waals surface area contributed by atoms with E-state index >= 15 is 0 Å². The minimum absolute atomic E-state index is 0.0126. The molecule has 0 spiro atoms. The summed E-state index contributed by atoms with van der Waals surface area (Å²) in [6.07, 6.45) is 15.8. The van der Waals surface area contributed by atoms with E-state index in [2.05, 4.69) is 13.0 Å². The summed E-state index contributed by atoms with van der Waals surface area (Å²) in [6, 6.07) is 54.7. The number of carbonyl (C=O) groups excluding carboxylic acids is 2. The molecule has 0 radical (unpaired) electrons. The third kappa shape index (κ3) is 20.4. The summed E-state index contributed by atoms with van der Waals surface area (Å²) < 4.78 is 69.5. The van der Waals surface area contributed by atoms with E-state index in [4.69, 9.17) is 33.2 Å². The fourth-order valence-electron chi connectivity index (χ4n) is 9.54. The van der Waals surface area contributed by atoms with Crippen LogP contribution in [0.4, 0.5) is 8.78 Å². The van der Waals surface area contributed by atoms with Crippen LogP contribution >= 0.6 is 0 Å². The summed E-state index contributed by atoms with van der Waals surface area (Å²) in [4.78, 5) is 28.1. The highest BCUT2D eigenvalue weighted by molar-refractivity contribution is 5.97. The molecule has 0 heterocycles. The van der Waals surface area contributed by atoms with Crippen molar-refractivity contribution in [2.24, 2.45) is 0 Å². The Labute approximate surface area is 499 Å². The van der Waals surface area contributed by atoms with Gasteiger partial charge in [0.25, 0.3) is 0 Å². The lowest BCUT2D eigenvalue weighted by molar-refractivity contribution is 0.0706. The number of halogens is 2. The molecule has 440 valence electrons. The zero-order valence-electron chi connectivity index (χ0n) is 48.5. The van der Waals surface area contributed by atoms with Crippen molar-refractivity contribution < 1.29 is 51.5 Å². The normalized spacial score (nSPS) is 10.9. The number of hydrogen-bond acceptors (Lipinski definition) is 10. The van der Waals surface area contributed by atoms with Crippen molar-refractivity contribution in [1.29, 1.82) is 5.26 Å². The number of ether oxygens (including phenoxy) is 7. The quantitative estimate of drug-likeness (QED) is 0.0216. The maximum absolute atomic E-state index is 14.2. The van der Waals surface area contributed by atoms with E-state index in [9.17, 15) is 23.6 Å². The number of carbonyl (C=O) groups is 2. The van der Waals surface area contributed by atoms with Crippen LogP contribution < -0.4 is 33.2 Å². The summed E-state index contributed by atoms with van der Waals surface area (Å²) in [7, 11) is 0. The predicted molar refractivity (Wildman–Crippen MR) is 330 cm³/mol. The number of benzene rings is 8. The first-order valence-corrected chi connectivity index (χ1v) is 29.9. The van der Waals surface area contributed by atoms with Crippen molar-refractivity contribution in [3.8, 4) is 79.7 Å². The van der Waals surface area contributed by atoms with E-state index < -0.39 is 11.9 Å². The molecule has 0 saturated heterocycles. The molecule has 0 amide bonds. The molecule has 85 heavy (non-hydrogen) atoms. The minimum Gasteiger partial charge on any atom is -0.494 e. The molecule has 0 aliphatic carbocycles. The molecule has 8 aromatic rings. The standard InChI is InChI=1S/C73H75F2NO9/c1-2-3-4-5-8-15-48-81-67-43-44-68(73(78)84-66-41-30-60(31-42-66)55-20-18-54(53-76)19-21-55)70(52-67)85-72(77)61-32-45-69(82-49-16-11-6-9-13-46-79-64-37-26-58(27-38-64)56-22-33-62(74)34-23-56)71(51-61)83-50-17-12-7-10-14-47-80-65-39-28-59(29-40-65)57-24-35-63(75)36-25-57/h18-45,51-52H,2-17,46-50H2,1H3. The number of nitriles is 1. The van der Waals surface area contributed by atoms with E-state index in [1.165, 1.54) is 43.5 Å². The SMILES string of the molecule is CCCCCCCCOc1ccc(C(=O)Oc2ccc(-c3ccc(C#N)cc3)cc2)c(OC(=O)c2ccc(OCCCCCCCOc3ccc(-c4ccc(F)cc4)cc3)c(OCCCCCCCOc3ccc(-c4ccc(F)cc4)cc3)c2)c1. The highest BCUT2D eigenvalue weighted by atomic mass is 19.1. The number of nitrogens with zero attached hydrogens (tertiary/aromatic N) is 1. The van der Waals surface area contributed by atoms with Crippen LogP contribution in [0.5, 0.6) is 40.2 Å². The molecule has 12 heteroatoms. The number of unbranched alkanes of at least 4 members (excludes halogenated alkanes) is 13. The lowest BCUT2D eigenvalue weighted by atomic mass is 10.0. The molecule has 0 aliphatic heterocycles. The molecule has 8 rings (SSSR count). The Hall–Kier alpha value is -8.95. The second kappa shape index (κ2) is 34.0. The minimum atomic E-state index is -0.717. The first kappa shape index (κ1) is 62.1. The van der Waals surface area contributed by atoms with E-state index in [-0.39, 0.29) is 28.5 Å². The van der Waals surface area contributed by atoms with Crippen molar-refractivity contribution in [3.63, 3.8) is 0 Å². The first-order valence-electron chi connectivity index (χ1n) is 29.9. The number of esters is 2. The van der Waals surface area contributed by atoms with Gasteiger partial charge in [0.2, 0.25) is 0 Å². The Morgan fingerprint density at radius 3 is 1.19 bits per heavy atom. The largest absolute Gasteiger partial charge is 0.494 e. The summed E-state index contributed by atoms with van der Waals surface area (Å²) in [5, 5.41) is 9.22. The fourth-order valence-corrected chi connectivity index (χ4v) is 9.54. The molecule has 0 unspecified atom stereocenters. The second-order valence-corrected chi connectivity index (χ2v) is 20.9. The molecule has 8 aromatic carbocycles. The number of hydrogen-bond donors (Lipinski definition) is 0. The fraction of sp³-hybridized carbons (Fsp3) is 0.301. The molecule has 0 atom stereocenters. The summed E-state index contributed by atoms with van der Waals surface area (Å²) in [6.45, 7) is 4.71. The Morgan fingerprint density at radius 1 is 0.353 bits per heavy atom. The average Bonchev–Trinajstić information content (AvgIpc) is 3.58. The van der Waals surface area contributed by atoms with Crippen LogP contribution in [-0.4, -0.2) is 45.0 Å².